The Bertz CT molecular complexity index is 875. The van der Waals surface area contributed by atoms with E-state index in [1.807, 2.05) is 54.6 Å². The molecule has 0 saturated carbocycles. The van der Waals surface area contributed by atoms with Crippen LogP contribution in [0.1, 0.15) is 11.1 Å². The normalized spacial score (nSPS) is 10.7. The number of benzene rings is 3. The molecule has 0 spiro atoms. The smallest absolute Gasteiger partial charge is 0.269 e. The van der Waals surface area contributed by atoms with Gasteiger partial charge in [-0.05, 0) is 47.5 Å². The van der Waals surface area contributed by atoms with Gasteiger partial charge in [0.2, 0.25) is 0 Å². The number of nitro groups is 1. The Balaban J connectivity index is 1.63. The molecule has 3 rings (SSSR count). The summed E-state index contributed by atoms with van der Waals surface area (Å²) in [5.74, 6) is 0.718. The fraction of sp³-hybridized carbons (Fsp3) is 0.0500. The number of non-ortho nitro benzene ring substituents is 1. The lowest BCUT2D eigenvalue weighted by molar-refractivity contribution is -0.384. The van der Waals surface area contributed by atoms with E-state index in [0.717, 1.165) is 22.6 Å². The van der Waals surface area contributed by atoms with Crippen LogP contribution in [-0.4, -0.2) is 11.1 Å². The lowest BCUT2D eigenvalue weighted by Gasteiger charge is -2.07. The zero-order valence-electron chi connectivity index (χ0n) is 13.4. The highest BCUT2D eigenvalue weighted by molar-refractivity contribution is 5.82. The fourth-order valence-electron chi connectivity index (χ4n) is 2.23. The van der Waals surface area contributed by atoms with Crippen LogP contribution in [-0.2, 0) is 6.61 Å². The maximum atomic E-state index is 10.7. The predicted molar refractivity (Wildman–Crippen MR) is 97.6 cm³/mol. The van der Waals surface area contributed by atoms with Crippen molar-refractivity contribution in [3.63, 3.8) is 0 Å². The van der Waals surface area contributed by atoms with Gasteiger partial charge < -0.3 is 4.74 Å². The van der Waals surface area contributed by atoms with E-state index in [-0.39, 0.29) is 5.69 Å². The molecule has 25 heavy (non-hydrogen) atoms. The number of nitro benzene ring substituents is 1. The van der Waals surface area contributed by atoms with Gasteiger partial charge in [0.25, 0.3) is 5.69 Å². The van der Waals surface area contributed by atoms with Crippen LogP contribution in [0.15, 0.2) is 83.9 Å². The SMILES string of the molecule is O=[N+]([O-])c1ccc(COc2cccc(C=Nc3ccccc3)c2)cc1. The van der Waals surface area contributed by atoms with Crippen LogP contribution in [0.3, 0.4) is 0 Å². The van der Waals surface area contributed by atoms with Crippen LogP contribution in [0.25, 0.3) is 0 Å². The Morgan fingerprint density at radius 1 is 0.960 bits per heavy atom. The summed E-state index contributed by atoms with van der Waals surface area (Å²) in [5.41, 5.74) is 2.77. The molecule has 3 aromatic carbocycles. The first kappa shape index (κ1) is 16.4. The van der Waals surface area contributed by atoms with Crippen molar-refractivity contribution in [3.05, 3.63) is 100 Å². The number of nitrogens with zero attached hydrogens (tertiary/aromatic N) is 2. The number of rotatable bonds is 6. The molecule has 0 aliphatic heterocycles. The zero-order chi connectivity index (χ0) is 17.5. The maximum absolute atomic E-state index is 10.7. The molecule has 0 atom stereocenters. The van der Waals surface area contributed by atoms with E-state index in [0.29, 0.717) is 6.61 Å². The van der Waals surface area contributed by atoms with Gasteiger partial charge in [-0.25, -0.2) is 0 Å². The van der Waals surface area contributed by atoms with E-state index in [1.165, 1.54) is 12.1 Å². The molecule has 0 amide bonds. The van der Waals surface area contributed by atoms with Crippen LogP contribution in [0.5, 0.6) is 5.75 Å². The second-order valence-electron chi connectivity index (χ2n) is 5.38. The molecule has 0 bridgehead atoms. The molecule has 0 radical (unpaired) electrons. The average Bonchev–Trinajstić information content (AvgIpc) is 2.66. The van der Waals surface area contributed by atoms with Crippen molar-refractivity contribution < 1.29 is 9.66 Å². The highest BCUT2D eigenvalue weighted by atomic mass is 16.6. The van der Waals surface area contributed by atoms with Gasteiger partial charge in [-0.3, -0.25) is 15.1 Å². The first-order valence-corrected chi connectivity index (χ1v) is 7.76. The van der Waals surface area contributed by atoms with Gasteiger partial charge in [0.05, 0.1) is 10.6 Å². The predicted octanol–water partition coefficient (Wildman–Crippen LogP) is 4.92. The molecular weight excluding hydrogens is 316 g/mol. The first-order chi connectivity index (χ1) is 12.2. The second kappa shape index (κ2) is 7.88. The van der Waals surface area contributed by atoms with Crippen LogP contribution in [0.4, 0.5) is 11.4 Å². The number of hydrogen-bond acceptors (Lipinski definition) is 4. The van der Waals surface area contributed by atoms with E-state index in [1.54, 1.807) is 18.3 Å². The molecule has 0 heterocycles. The van der Waals surface area contributed by atoms with E-state index in [4.69, 9.17) is 4.74 Å². The van der Waals surface area contributed by atoms with E-state index >= 15 is 0 Å². The summed E-state index contributed by atoms with van der Waals surface area (Å²) in [5, 5.41) is 10.7. The fourth-order valence-corrected chi connectivity index (χ4v) is 2.23. The number of aliphatic imine (C=N–C) groups is 1. The second-order valence-corrected chi connectivity index (χ2v) is 5.38. The van der Waals surface area contributed by atoms with Gasteiger partial charge in [0.1, 0.15) is 12.4 Å². The summed E-state index contributed by atoms with van der Waals surface area (Å²) in [7, 11) is 0. The first-order valence-electron chi connectivity index (χ1n) is 7.76. The lowest BCUT2D eigenvalue weighted by Crippen LogP contribution is -1.96. The summed E-state index contributed by atoms with van der Waals surface area (Å²) >= 11 is 0. The number of ether oxygens (including phenoxy) is 1. The summed E-state index contributed by atoms with van der Waals surface area (Å²) < 4.78 is 5.75. The molecule has 0 N–H and O–H groups in total. The van der Waals surface area contributed by atoms with Crippen molar-refractivity contribution >= 4 is 17.6 Å². The molecule has 0 aliphatic carbocycles. The number of hydrogen-bond donors (Lipinski definition) is 0. The molecular formula is C20H16N2O3. The Morgan fingerprint density at radius 3 is 2.44 bits per heavy atom. The molecule has 3 aromatic rings. The standard InChI is InChI=1S/C20H16N2O3/c23-22(24)19-11-9-16(10-12-19)15-25-20-8-4-5-17(13-20)14-21-18-6-2-1-3-7-18/h1-14H,15H2. The Morgan fingerprint density at radius 2 is 1.72 bits per heavy atom. The van der Waals surface area contributed by atoms with Crippen LogP contribution < -0.4 is 4.74 Å². The largest absolute Gasteiger partial charge is 0.489 e. The van der Waals surface area contributed by atoms with Crippen molar-refractivity contribution in [2.45, 2.75) is 6.61 Å². The topological polar surface area (TPSA) is 64.7 Å². The van der Waals surface area contributed by atoms with Gasteiger partial charge in [0.15, 0.2) is 0 Å². The molecule has 5 nitrogen and oxygen atoms in total. The Kier molecular flexibility index (Phi) is 5.16. The summed E-state index contributed by atoms with van der Waals surface area (Å²) in [6, 6.07) is 23.7. The van der Waals surface area contributed by atoms with Crippen LogP contribution >= 0.6 is 0 Å². The van der Waals surface area contributed by atoms with Crippen LogP contribution in [0, 0.1) is 10.1 Å². The van der Waals surface area contributed by atoms with Crippen molar-refractivity contribution in [1.82, 2.24) is 0 Å². The van der Waals surface area contributed by atoms with Crippen LogP contribution in [0.2, 0.25) is 0 Å². The van der Waals surface area contributed by atoms with Gasteiger partial charge >= 0.3 is 0 Å². The van der Waals surface area contributed by atoms with Crippen molar-refractivity contribution in [2.24, 2.45) is 4.99 Å². The quantitative estimate of drug-likeness (QED) is 0.365. The molecule has 0 saturated heterocycles. The third-order valence-electron chi connectivity index (χ3n) is 3.53. The minimum absolute atomic E-state index is 0.0721. The maximum Gasteiger partial charge on any atom is 0.269 e. The summed E-state index contributed by atoms with van der Waals surface area (Å²) in [6.07, 6.45) is 1.79. The van der Waals surface area contributed by atoms with E-state index in [2.05, 4.69) is 4.99 Å². The Hall–Kier alpha value is -3.47. The highest BCUT2D eigenvalue weighted by Gasteiger charge is 2.04. The minimum Gasteiger partial charge on any atom is -0.489 e. The molecule has 0 fully saturated rings. The van der Waals surface area contributed by atoms with Crippen molar-refractivity contribution in [2.75, 3.05) is 0 Å². The van der Waals surface area contributed by atoms with E-state index < -0.39 is 4.92 Å². The van der Waals surface area contributed by atoms with Gasteiger partial charge in [-0.1, -0.05) is 30.3 Å². The van der Waals surface area contributed by atoms with Crippen molar-refractivity contribution in [3.8, 4) is 5.75 Å². The molecule has 0 aromatic heterocycles. The summed E-state index contributed by atoms with van der Waals surface area (Å²) in [4.78, 5) is 14.7. The van der Waals surface area contributed by atoms with Gasteiger partial charge in [0, 0.05) is 18.3 Å². The minimum atomic E-state index is -0.416. The lowest BCUT2D eigenvalue weighted by atomic mass is 10.2. The number of para-hydroxylation sites is 1. The Labute approximate surface area is 145 Å². The third kappa shape index (κ3) is 4.75. The molecule has 0 unspecified atom stereocenters. The third-order valence-corrected chi connectivity index (χ3v) is 3.53. The van der Waals surface area contributed by atoms with Crippen molar-refractivity contribution in [1.29, 1.82) is 0 Å². The molecule has 0 aliphatic rings. The monoisotopic (exact) mass is 332 g/mol. The zero-order valence-corrected chi connectivity index (χ0v) is 13.4. The van der Waals surface area contributed by atoms with Gasteiger partial charge in [-0.15, -0.1) is 0 Å². The molecule has 5 heteroatoms. The summed E-state index contributed by atoms with van der Waals surface area (Å²) in [6.45, 7) is 0.345. The van der Waals surface area contributed by atoms with E-state index in [9.17, 15) is 10.1 Å². The van der Waals surface area contributed by atoms with Gasteiger partial charge in [-0.2, -0.15) is 0 Å². The molecule has 124 valence electrons. The average molecular weight is 332 g/mol. The highest BCUT2D eigenvalue weighted by Crippen LogP contribution is 2.17.